The number of hydrogen-bond acceptors (Lipinski definition) is 2. The first-order chi connectivity index (χ1) is 11.3. The number of halogens is 1. The Morgan fingerprint density at radius 2 is 1.39 bits per heavy atom. The lowest BCUT2D eigenvalue weighted by Crippen LogP contribution is -1.94. The highest BCUT2D eigenvalue weighted by Crippen LogP contribution is 2.17. The minimum Gasteiger partial charge on any atom is -0.489 e. The number of hydrogen-bond donors (Lipinski definition) is 0. The number of ether oxygens (including phenoxy) is 1. The van der Waals surface area contributed by atoms with Gasteiger partial charge < -0.3 is 4.74 Å². The second kappa shape index (κ2) is 7.61. The summed E-state index contributed by atoms with van der Waals surface area (Å²) in [6.45, 7) is 0.538. The Balaban J connectivity index is 1.58. The molecule has 114 valence electrons. The van der Waals surface area contributed by atoms with Crippen molar-refractivity contribution in [1.82, 2.24) is 4.98 Å². The van der Waals surface area contributed by atoms with E-state index in [-0.39, 0.29) is 0 Å². The van der Waals surface area contributed by atoms with Gasteiger partial charge in [-0.2, -0.15) is 0 Å². The summed E-state index contributed by atoms with van der Waals surface area (Å²) in [4.78, 5) is 4.01. The van der Waals surface area contributed by atoms with E-state index in [0.29, 0.717) is 11.6 Å². The number of nitrogens with zero attached hydrogens (tertiary/aromatic N) is 1. The lowest BCUT2D eigenvalue weighted by atomic mass is 10.1. The lowest BCUT2D eigenvalue weighted by Gasteiger charge is -2.06. The van der Waals surface area contributed by atoms with Crippen LogP contribution in [-0.4, -0.2) is 4.98 Å². The zero-order chi connectivity index (χ0) is 15.9. The summed E-state index contributed by atoms with van der Waals surface area (Å²) in [5.41, 5.74) is 3.41. The summed E-state index contributed by atoms with van der Waals surface area (Å²) in [6.07, 6.45) is 7.73. The standard InChI is InChI=1S/C20H16ClNO/c21-19-7-9-20(10-8-19)23-15-18-5-3-16(4-6-18)1-2-17-11-13-22-14-12-17/h1-14H,15H2/b2-1+. The van der Waals surface area contributed by atoms with Crippen LogP contribution in [0.25, 0.3) is 12.2 Å². The topological polar surface area (TPSA) is 22.1 Å². The highest BCUT2D eigenvalue weighted by Gasteiger charge is 1.97. The molecule has 2 nitrogen and oxygen atoms in total. The molecule has 0 aliphatic rings. The average Bonchev–Trinajstić information content (AvgIpc) is 2.61. The van der Waals surface area contributed by atoms with E-state index in [1.807, 2.05) is 36.4 Å². The van der Waals surface area contributed by atoms with Gasteiger partial charge in [0.1, 0.15) is 12.4 Å². The Labute approximate surface area is 141 Å². The van der Waals surface area contributed by atoms with Crippen molar-refractivity contribution in [2.45, 2.75) is 6.61 Å². The molecule has 0 spiro atoms. The third-order valence-corrected chi connectivity index (χ3v) is 3.63. The van der Waals surface area contributed by atoms with E-state index in [1.165, 1.54) is 0 Å². The van der Waals surface area contributed by atoms with Crippen molar-refractivity contribution >= 4 is 23.8 Å². The normalized spacial score (nSPS) is 10.8. The second-order valence-electron chi connectivity index (χ2n) is 5.10. The summed E-state index contributed by atoms with van der Waals surface area (Å²) >= 11 is 5.85. The quantitative estimate of drug-likeness (QED) is 0.620. The Hall–Kier alpha value is -2.58. The molecule has 2 aromatic carbocycles. The van der Waals surface area contributed by atoms with Gasteiger partial charge in [0.2, 0.25) is 0 Å². The zero-order valence-corrected chi connectivity index (χ0v) is 13.3. The zero-order valence-electron chi connectivity index (χ0n) is 12.5. The predicted octanol–water partition coefficient (Wildman–Crippen LogP) is 5.48. The molecule has 0 radical (unpaired) electrons. The molecular weight excluding hydrogens is 306 g/mol. The Morgan fingerprint density at radius 1 is 0.783 bits per heavy atom. The minimum absolute atomic E-state index is 0.538. The van der Waals surface area contributed by atoms with Crippen LogP contribution in [0.5, 0.6) is 5.75 Å². The third-order valence-electron chi connectivity index (χ3n) is 3.37. The number of benzene rings is 2. The maximum absolute atomic E-state index is 5.85. The molecule has 3 rings (SSSR count). The van der Waals surface area contributed by atoms with Gasteiger partial charge in [0, 0.05) is 17.4 Å². The van der Waals surface area contributed by atoms with Gasteiger partial charge in [0.15, 0.2) is 0 Å². The van der Waals surface area contributed by atoms with Crippen molar-refractivity contribution in [1.29, 1.82) is 0 Å². The summed E-state index contributed by atoms with van der Waals surface area (Å²) in [7, 11) is 0. The van der Waals surface area contributed by atoms with E-state index in [1.54, 1.807) is 12.4 Å². The van der Waals surface area contributed by atoms with E-state index in [9.17, 15) is 0 Å². The number of rotatable bonds is 5. The van der Waals surface area contributed by atoms with Gasteiger partial charge in [-0.05, 0) is 53.1 Å². The maximum Gasteiger partial charge on any atom is 0.119 e. The molecule has 23 heavy (non-hydrogen) atoms. The van der Waals surface area contributed by atoms with Gasteiger partial charge in [-0.15, -0.1) is 0 Å². The van der Waals surface area contributed by atoms with Crippen LogP contribution in [0.1, 0.15) is 16.7 Å². The van der Waals surface area contributed by atoms with Crippen LogP contribution >= 0.6 is 11.6 Å². The molecule has 0 atom stereocenters. The second-order valence-corrected chi connectivity index (χ2v) is 5.53. The van der Waals surface area contributed by atoms with Crippen LogP contribution in [0.2, 0.25) is 5.02 Å². The molecule has 0 saturated heterocycles. The largest absolute Gasteiger partial charge is 0.489 e. The van der Waals surface area contributed by atoms with Crippen LogP contribution in [0.15, 0.2) is 73.1 Å². The van der Waals surface area contributed by atoms with Crippen LogP contribution < -0.4 is 4.74 Å². The van der Waals surface area contributed by atoms with E-state index in [0.717, 1.165) is 22.4 Å². The number of aromatic nitrogens is 1. The first-order valence-electron chi connectivity index (χ1n) is 7.35. The highest BCUT2D eigenvalue weighted by atomic mass is 35.5. The van der Waals surface area contributed by atoms with Crippen molar-refractivity contribution < 1.29 is 4.74 Å². The van der Waals surface area contributed by atoms with Crippen LogP contribution in [-0.2, 0) is 6.61 Å². The molecule has 0 aliphatic carbocycles. The fraction of sp³-hybridized carbons (Fsp3) is 0.0500. The molecule has 1 heterocycles. The molecule has 0 amide bonds. The molecule has 0 fully saturated rings. The molecule has 0 N–H and O–H groups in total. The molecule has 0 bridgehead atoms. The summed E-state index contributed by atoms with van der Waals surface area (Å²) in [6, 6.07) is 19.6. The minimum atomic E-state index is 0.538. The molecule has 3 aromatic rings. The monoisotopic (exact) mass is 321 g/mol. The molecule has 1 aromatic heterocycles. The smallest absolute Gasteiger partial charge is 0.119 e. The first-order valence-corrected chi connectivity index (χ1v) is 7.73. The van der Waals surface area contributed by atoms with Crippen molar-refractivity contribution in [3.05, 3.63) is 94.8 Å². The van der Waals surface area contributed by atoms with E-state index in [2.05, 4.69) is 41.4 Å². The first kappa shape index (κ1) is 15.3. The molecule has 3 heteroatoms. The van der Waals surface area contributed by atoms with Crippen LogP contribution in [0.4, 0.5) is 0 Å². The molecule has 0 unspecified atom stereocenters. The van der Waals surface area contributed by atoms with Crippen LogP contribution in [0, 0.1) is 0 Å². The van der Waals surface area contributed by atoms with Gasteiger partial charge in [0.25, 0.3) is 0 Å². The fourth-order valence-corrected chi connectivity index (χ4v) is 2.22. The van der Waals surface area contributed by atoms with Crippen molar-refractivity contribution in [3.63, 3.8) is 0 Å². The van der Waals surface area contributed by atoms with E-state index in [4.69, 9.17) is 16.3 Å². The SMILES string of the molecule is Clc1ccc(OCc2ccc(/C=C/c3ccncc3)cc2)cc1. The van der Waals surface area contributed by atoms with Crippen LogP contribution in [0.3, 0.4) is 0 Å². The fourth-order valence-electron chi connectivity index (χ4n) is 2.09. The van der Waals surface area contributed by atoms with Gasteiger partial charge in [-0.3, -0.25) is 4.98 Å². The van der Waals surface area contributed by atoms with Crippen molar-refractivity contribution in [3.8, 4) is 5.75 Å². The van der Waals surface area contributed by atoms with Crippen molar-refractivity contribution in [2.24, 2.45) is 0 Å². The highest BCUT2D eigenvalue weighted by molar-refractivity contribution is 6.30. The van der Waals surface area contributed by atoms with Gasteiger partial charge in [0.05, 0.1) is 0 Å². The van der Waals surface area contributed by atoms with Crippen molar-refractivity contribution in [2.75, 3.05) is 0 Å². The Bertz CT molecular complexity index is 765. The van der Waals surface area contributed by atoms with E-state index >= 15 is 0 Å². The lowest BCUT2D eigenvalue weighted by molar-refractivity contribution is 0.306. The average molecular weight is 322 g/mol. The third kappa shape index (κ3) is 4.70. The Morgan fingerprint density at radius 3 is 2.04 bits per heavy atom. The number of pyridine rings is 1. The maximum atomic E-state index is 5.85. The van der Waals surface area contributed by atoms with E-state index < -0.39 is 0 Å². The molecule has 0 aliphatic heterocycles. The van der Waals surface area contributed by atoms with Gasteiger partial charge in [-0.1, -0.05) is 48.0 Å². The summed E-state index contributed by atoms with van der Waals surface area (Å²) < 4.78 is 5.73. The van der Waals surface area contributed by atoms with Gasteiger partial charge in [-0.25, -0.2) is 0 Å². The molecule has 0 saturated carbocycles. The summed E-state index contributed by atoms with van der Waals surface area (Å²) in [5, 5.41) is 0.711. The Kier molecular flexibility index (Phi) is 5.07. The predicted molar refractivity (Wildman–Crippen MR) is 95.4 cm³/mol. The molecular formula is C20H16ClNO. The van der Waals surface area contributed by atoms with Gasteiger partial charge >= 0.3 is 0 Å². The summed E-state index contributed by atoms with van der Waals surface area (Å²) in [5.74, 6) is 0.816.